The first-order valence-corrected chi connectivity index (χ1v) is 6.06. The molecule has 17 heavy (non-hydrogen) atoms. The van der Waals surface area contributed by atoms with Crippen LogP contribution in [0, 0.1) is 6.92 Å². The summed E-state index contributed by atoms with van der Waals surface area (Å²) in [5, 5.41) is 0. The number of allylic oxidation sites excluding steroid dienone is 1. The molecular formula is C17H18. The van der Waals surface area contributed by atoms with Crippen LogP contribution < -0.4 is 0 Å². The van der Waals surface area contributed by atoms with Gasteiger partial charge in [0.15, 0.2) is 0 Å². The number of hydrogen-bond donors (Lipinski definition) is 0. The van der Waals surface area contributed by atoms with E-state index in [0.29, 0.717) is 5.92 Å². The third-order valence-electron chi connectivity index (χ3n) is 3.08. The zero-order chi connectivity index (χ0) is 12.1. The van der Waals surface area contributed by atoms with Crippen LogP contribution in [-0.4, -0.2) is 0 Å². The van der Waals surface area contributed by atoms with Crippen molar-refractivity contribution in [2.45, 2.75) is 19.8 Å². The summed E-state index contributed by atoms with van der Waals surface area (Å²) in [4.78, 5) is 0. The zero-order valence-corrected chi connectivity index (χ0v) is 10.4. The van der Waals surface area contributed by atoms with Gasteiger partial charge in [0.05, 0.1) is 0 Å². The molecular weight excluding hydrogens is 204 g/mol. The van der Waals surface area contributed by atoms with E-state index in [-0.39, 0.29) is 0 Å². The maximum Gasteiger partial charge on any atom is -0.000711 e. The molecule has 0 amide bonds. The van der Waals surface area contributed by atoms with Crippen molar-refractivity contribution >= 4 is 6.08 Å². The molecule has 0 aliphatic carbocycles. The summed E-state index contributed by atoms with van der Waals surface area (Å²) in [6.45, 7) is 4.37. The number of aryl methyl sites for hydroxylation is 1. The summed E-state index contributed by atoms with van der Waals surface area (Å²) in [6, 6.07) is 19.0. The van der Waals surface area contributed by atoms with Crippen molar-refractivity contribution in [1.29, 1.82) is 0 Å². The predicted molar refractivity (Wildman–Crippen MR) is 75.1 cm³/mol. The van der Waals surface area contributed by atoms with Gasteiger partial charge in [-0.25, -0.2) is 0 Å². The van der Waals surface area contributed by atoms with Crippen molar-refractivity contribution < 1.29 is 0 Å². The van der Waals surface area contributed by atoms with E-state index in [9.17, 15) is 0 Å². The summed E-state index contributed by atoms with van der Waals surface area (Å²) < 4.78 is 0. The number of hydrogen-bond acceptors (Lipinski definition) is 0. The molecule has 0 N–H and O–H groups in total. The highest BCUT2D eigenvalue weighted by molar-refractivity contribution is 5.54. The fourth-order valence-electron chi connectivity index (χ4n) is 1.89. The Morgan fingerprint density at radius 2 is 1.53 bits per heavy atom. The first kappa shape index (κ1) is 11.7. The fourth-order valence-corrected chi connectivity index (χ4v) is 1.89. The maximum absolute atomic E-state index is 2.26. The summed E-state index contributed by atoms with van der Waals surface area (Å²) in [7, 11) is 0. The van der Waals surface area contributed by atoms with E-state index in [1.54, 1.807) is 0 Å². The van der Waals surface area contributed by atoms with Gasteiger partial charge in [0, 0.05) is 0 Å². The Hall–Kier alpha value is -1.82. The molecule has 1 atom stereocenters. The van der Waals surface area contributed by atoms with Crippen molar-refractivity contribution in [2.75, 3.05) is 0 Å². The molecule has 0 saturated heterocycles. The van der Waals surface area contributed by atoms with Crippen LogP contribution in [0.15, 0.2) is 60.7 Å². The molecule has 0 spiro atoms. The first-order chi connectivity index (χ1) is 8.27. The lowest BCUT2D eigenvalue weighted by molar-refractivity contribution is 0.973. The molecule has 2 aromatic carbocycles. The fraction of sp³-hybridized carbons (Fsp3) is 0.176. The van der Waals surface area contributed by atoms with Crippen LogP contribution in [0.5, 0.6) is 0 Å². The molecule has 0 bridgehead atoms. The van der Waals surface area contributed by atoms with Gasteiger partial charge in [0.1, 0.15) is 0 Å². The highest BCUT2D eigenvalue weighted by atomic mass is 14.0. The minimum Gasteiger partial charge on any atom is -0.0767 e. The van der Waals surface area contributed by atoms with Crippen molar-refractivity contribution in [3.63, 3.8) is 0 Å². The van der Waals surface area contributed by atoms with E-state index in [2.05, 4.69) is 80.6 Å². The topological polar surface area (TPSA) is 0 Å². The molecule has 0 aromatic heterocycles. The van der Waals surface area contributed by atoms with Crippen LogP contribution >= 0.6 is 0 Å². The average molecular weight is 222 g/mol. The van der Waals surface area contributed by atoms with Gasteiger partial charge in [-0.3, -0.25) is 0 Å². The number of rotatable bonds is 3. The van der Waals surface area contributed by atoms with Crippen LogP contribution in [0.3, 0.4) is 0 Å². The summed E-state index contributed by atoms with van der Waals surface area (Å²) in [5.41, 5.74) is 3.98. The summed E-state index contributed by atoms with van der Waals surface area (Å²) in [5.74, 6) is 0.454. The Balaban J connectivity index is 2.14. The molecule has 1 unspecified atom stereocenters. The van der Waals surface area contributed by atoms with E-state index in [1.807, 2.05) is 0 Å². The third kappa shape index (κ3) is 3.07. The lowest BCUT2D eigenvalue weighted by atomic mass is 9.99. The third-order valence-corrected chi connectivity index (χ3v) is 3.08. The van der Waals surface area contributed by atoms with E-state index >= 15 is 0 Å². The maximum atomic E-state index is 2.26. The van der Waals surface area contributed by atoms with E-state index in [4.69, 9.17) is 0 Å². The van der Waals surface area contributed by atoms with E-state index in [1.165, 1.54) is 16.7 Å². The second kappa shape index (κ2) is 5.49. The highest BCUT2D eigenvalue weighted by Crippen LogP contribution is 2.18. The summed E-state index contributed by atoms with van der Waals surface area (Å²) in [6.07, 6.45) is 4.48. The lowest BCUT2D eigenvalue weighted by Gasteiger charge is -2.06. The zero-order valence-electron chi connectivity index (χ0n) is 10.4. The van der Waals surface area contributed by atoms with Crippen LogP contribution in [0.1, 0.15) is 29.5 Å². The minimum atomic E-state index is 0.454. The first-order valence-electron chi connectivity index (χ1n) is 6.06. The van der Waals surface area contributed by atoms with Crippen LogP contribution in [0.25, 0.3) is 6.08 Å². The molecule has 0 nitrogen and oxygen atoms in total. The Labute approximate surface area is 104 Å². The lowest BCUT2D eigenvalue weighted by Crippen LogP contribution is -1.88. The van der Waals surface area contributed by atoms with Gasteiger partial charge in [-0.05, 0) is 29.5 Å². The smallest absolute Gasteiger partial charge is 0.000711 e. The molecule has 0 radical (unpaired) electrons. The van der Waals surface area contributed by atoms with Gasteiger partial charge in [-0.1, -0.05) is 73.7 Å². The molecule has 2 rings (SSSR count). The molecule has 0 aliphatic rings. The van der Waals surface area contributed by atoms with Gasteiger partial charge in [0.25, 0.3) is 0 Å². The Bertz CT molecular complexity index is 494. The Morgan fingerprint density at radius 1 is 0.882 bits per heavy atom. The Kier molecular flexibility index (Phi) is 3.77. The van der Waals surface area contributed by atoms with Gasteiger partial charge in [-0.15, -0.1) is 0 Å². The van der Waals surface area contributed by atoms with Crippen molar-refractivity contribution in [1.82, 2.24) is 0 Å². The van der Waals surface area contributed by atoms with Crippen molar-refractivity contribution in [3.8, 4) is 0 Å². The molecule has 0 heteroatoms. The molecule has 0 saturated carbocycles. The van der Waals surface area contributed by atoms with Crippen molar-refractivity contribution in [3.05, 3.63) is 77.4 Å². The largest absolute Gasteiger partial charge is 0.0767 e. The molecule has 0 fully saturated rings. The van der Waals surface area contributed by atoms with Gasteiger partial charge in [0.2, 0.25) is 0 Å². The standard InChI is InChI=1S/C17H18/c1-14-8-6-7-11-17(14)13-12-15(2)16-9-4-3-5-10-16/h3-13,15H,1-2H3/b13-12+. The van der Waals surface area contributed by atoms with Crippen LogP contribution in [0.4, 0.5) is 0 Å². The molecule has 2 aromatic rings. The Morgan fingerprint density at radius 3 is 2.24 bits per heavy atom. The molecule has 0 heterocycles. The molecule has 0 aliphatic heterocycles. The normalized spacial score (nSPS) is 12.8. The average Bonchev–Trinajstić information content (AvgIpc) is 2.38. The van der Waals surface area contributed by atoms with Crippen LogP contribution in [-0.2, 0) is 0 Å². The van der Waals surface area contributed by atoms with Crippen molar-refractivity contribution in [2.24, 2.45) is 0 Å². The minimum absolute atomic E-state index is 0.454. The molecule has 86 valence electrons. The van der Waals surface area contributed by atoms with Crippen LogP contribution in [0.2, 0.25) is 0 Å². The van der Waals surface area contributed by atoms with E-state index < -0.39 is 0 Å². The SMILES string of the molecule is Cc1ccccc1/C=C/C(C)c1ccccc1. The quantitative estimate of drug-likeness (QED) is 0.699. The predicted octanol–water partition coefficient (Wildman–Crippen LogP) is 4.81. The highest BCUT2D eigenvalue weighted by Gasteiger charge is 1.99. The van der Waals surface area contributed by atoms with Gasteiger partial charge >= 0.3 is 0 Å². The van der Waals surface area contributed by atoms with Gasteiger partial charge in [-0.2, -0.15) is 0 Å². The monoisotopic (exact) mass is 222 g/mol. The second-order valence-electron chi connectivity index (χ2n) is 4.42. The summed E-state index contributed by atoms with van der Waals surface area (Å²) >= 11 is 0. The van der Waals surface area contributed by atoms with E-state index in [0.717, 1.165) is 0 Å². The van der Waals surface area contributed by atoms with Gasteiger partial charge < -0.3 is 0 Å². The number of benzene rings is 2. The second-order valence-corrected chi connectivity index (χ2v) is 4.42.